The van der Waals surface area contributed by atoms with Crippen LogP contribution in [0.4, 0.5) is 4.39 Å². The van der Waals surface area contributed by atoms with Crippen molar-refractivity contribution in [2.45, 2.75) is 44.8 Å². The molecule has 4 heteroatoms. The summed E-state index contributed by atoms with van der Waals surface area (Å²) < 4.78 is 13.5. The molecule has 0 saturated heterocycles. The number of carbonyl (C=O) groups excluding carboxylic acids is 1. The van der Waals surface area contributed by atoms with Crippen molar-refractivity contribution in [3.05, 3.63) is 0 Å². The molecule has 1 fully saturated rings. The van der Waals surface area contributed by atoms with Crippen LogP contribution in [-0.4, -0.2) is 18.2 Å². The Morgan fingerprint density at radius 2 is 2.38 bits per heavy atom. The molecule has 0 radical (unpaired) electrons. The predicted octanol–water partition coefficient (Wildman–Crippen LogP) is 1.58. The summed E-state index contributed by atoms with van der Waals surface area (Å²) in [4.78, 5) is 14.2. The first-order valence-electron chi connectivity index (χ1n) is 4.68. The molecular formula is C9H16FNO2. The van der Waals surface area contributed by atoms with Crippen LogP contribution in [0.5, 0.6) is 0 Å². The lowest BCUT2D eigenvalue weighted by atomic mass is 10.1. The van der Waals surface area contributed by atoms with Crippen LogP contribution in [0.1, 0.15) is 33.1 Å². The Hall–Kier alpha value is -0.640. The molecule has 1 N–H and O–H groups in total. The Kier molecular flexibility index (Phi) is 3.25. The lowest BCUT2D eigenvalue weighted by molar-refractivity contribution is -0.136. The van der Waals surface area contributed by atoms with E-state index in [1.807, 2.05) is 0 Å². The van der Waals surface area contributed by atoms with E-state index in [2.05, 4.69) is 17.2 Å². The third-order valence-corrected chi connectivity index (χ3v) is 2.74. The van der Waals surface area contributed by atoms with Crippen molar-refractivity contribution in [3.63, 3.8) is 0 Å². The van der Waals surface area contributed by atoms with Crippen molar-refractivity contribution >= 4 is 6.47 Å². The van der Waals surface area contributed by atoms with Gasteiger partial charge in [-0.25, -0.2) is 4.39 Å². The topological polar surface area (TPSA) is 38.3 Å². The number of nitrogens with one attached hydrogen (secondary N) is 1. The van der Waals surface area contributed by atoms with Gasteiger partial charge in [0.15, 0.2) is 0 Å². The summed E-state index contributed by atoms with van der Waals surface area (Å²) in [7, 11) is 0. The molecule has 1 aliphatic rings. The van der Waals surface area contributed by atoms with Gasteiger partial charge in [0.2, 0.25) is 0 Å². The third-order valence-electron chi connectivity index (χ3n) is 2.74. The van der Waals surface area contributed by atoms with Crippen LogP contribution in [0.3, 0.4) is 0 Å². The van der Waals surface area contributed by atoms with E-state index in [1.54, 1.807) is 6.92 Å². The normalized spacial score (nSPS) is 37.2. The molecule has 1 saturated carbocycles. The van der Waals surface area contributed by atoms with Crippen molar-refractivity contribution in [3.8, 4) is 0 Å². The summed E-state index contributed by atoms with van der Waals surface area (Å²) in [6.45, 7) is 3.90. The second kappa shape index (κ2) is 4.05. The molecule has 0 aromatic carbocycles. The summed E-state index contributed by atoms with van der Waals surface area (Å²) in [6, 6.07) is -0.316. The molecule has 0 aliphatic heterocycles. The maximum Gasteiger partial charge on any atom is 0.312 e. The number of unbranched alkanes of at least 4 members (excludes halogenated alkanes) is 1. The molecule has 0 aromatic rings. The summed E-state index contributed by atoms with van der Waals surface area (Å²) in [5.41, 5.74) is 1.20. The zero-order chi connectivity index (χ0) is 9.90. The van der Waals surface area contributed by atoms with Crippen molar-refractivity contribution in [1.82, 2.24) is 5.48 Å². The number of carbonyl (C=O) groups is 1. The second-order valence-electron chi connectivity index (χ2n) is 3.71. The van der Waals surface area contributed by atoms with Crippen LogP contribution in [0.2, 0.25) is 0 Å². The van der Waals surface area contributed by atoms with Gasteiger partial charge >= 0.3 is 6.47 Å². The van der Waals surface area contributed by atoms with Crippen molar-refractivity contribution < 1.29 is 14.0 Å². The highest BCUT2D eigenvalue weighted by atomic mass is 19.1. The van der Waals surface area contributed by atoms with Crippen molar-refractivity contribution in [1.29, 1.82) is 0 Å². The Morgan fingerprint density at radius 3 is 2.92 bits per heavy atom. The fourth-order valence-electron chi connectivity index (χ4n) is 1.74. The maximum absolute atomic E-state index is 13.5. The summed E-state index contributed by atoms with van der Waals surface area (Å²) >= 11 is 0. The van der Waals surface area contributed by atoms with Gasteiger partial charge in [0.1, 0.15) is 5.67 Å². The zero-order valence-electron chi connectivity index (χ0n) is 8.05. The van der Waals surface area contributed by atoms with E-state index in [4.69, 9.17) is 0 Å². The van der Waals surface area contributed by atoms with Gasteiger partial charge in [0.25, 0.3) is 0 Å². The molecule has 0 amide bonds. The molecule has 0 heterocycles. The quantitative estimate of drug-likeness (QED) is 0.509. The fourth-order valence-corrected chi connectivity index (χ4v) is 1.74. The van der Waals surface area contributed by atoms with Crippen molar-refractivity contribution in [2.24, 2.45) is 5.92 Å². The lowest BCUT2D eigenvalue weighted by Crippen LogP contribution is -2.22. The van der Waals surface area contributed by atoms with Gasteiger partial charge in [0.05, 0.1) is 6.04 Å². The van der Waals surface area contributed by atoms with Gasteiger partial charge < -0.3 is 4.84 Å². The van der Waals surface area contributed by atoms with E-state index >= 15 is 0 Å². The molecular weight excluding hydrogens is 173 g/mol. The SMILES string of the molecule is CCCCC1C(NOC=O)C1(C)F. The average molecular weight is 189 g/mol. The van der Waals surface area contributed by atoms with Gasteiger partial charge in [0, 0.05) is 5.92 Å². The van der Waals surface area contributed by atoms with Crippen molar-refractivity contribution in [2.75, 3.05) is 0 Å². The van der Waals surface area contributed by atoms with E-state index in [0.717, 1.165) is 19.3 Å². The predicted molar refractivity (Wildman–Crippen MR) is 46.6 cm³/mol. The van der Waals surface area contributed by atoms with Gasteiger partial charge in [-0.1, -0.05) is 19.8 Å². The van der Waals surface area contributed by atoms with Crippen LogP contribution < -0.4 is 5.48 Å². The number of hydrogen-bond donors (Lipinski definition) is 1. The first-order chi connectivity index (χ1) is 6.14. The second-order valence-corrected chi connectivity index (χ2v) is 3.71. The minimum Gasteiger partial charge on any atom is -0.373 e. The molecule has 76 valence electrons. The summed E-state index contributed by atoms with van der Waals surface area (Å²) in [5.74, 6) is -0.00704. The maximum atomic E-state index is 13.5. The monoisotopic (exact) mass is 189 g/mol. The highest BCUT2D eigenvalue weighted by molar-refractivity contribution is 5.36. The smallest absolute Gasteiger partial charge is 0.312 e. The minimum absolute atomic E-state index is 0.00704. The van der Waals surface area contributed by atoms with E-state index in [0.29, 0.717) is 0 Å². The molecule has 3 nitrogen and oxygen atoms in total. The van der Waals surface area contributed by atoms with Crippen LogP contribution in [-0.2, 0) is 9.63 Å². The van der Waals surface area contributed by atoms with Crippen LogP contribution in [0.15, 0.2) is 0 Å². The van der Waals surface area contributed by atoms with Crippen LogP contribution in [0.25, 0.3) is 0 Å². The Bertz CT molecular complexity index is 184. The molecule has 1 rings (SSSR count). The molecule has 0 aromatic heterocycles. The molecule has 3 atom stereocenters. The standard InChI is InChI=1S/C9H16FNO2/c1-3-4-5-7-8(9(7,2)10)11-13-6-12/h6-8,11H,3-5H2,1-2H3. The number of rotatable bonds is 6. The lowest BCUT2D eigenvalue weighted by Gasteiger charge is -1.98. The van der Waals surface area contributed by atoms with E-state index < -0.39 is 5.67 Å². The Labute approximate surface area is 77.6 Å². The van der Waals surface area contributed by atoms with Gasteiger partial charge in [-0.2, -0.15) is 0 Å². The summed E-state index contributed by atoms with van der Waals surface area (Å²) in [6.07, 6.45) is 2.93. The van der Waals surface area contributed by atoms with Crippen LogP contribution in [0, 0.1) is 5.92 Å². The number of alkyl halides is 1. The summed E-state index contributed by atoms with van der Waals surface area (Å²) in [5, 5.41) is 0. The zero-order valence-corrected chi connectivity index (χ0v) is 8.05. The largest absolute Gasteiger partial charge is 0.373 e. The molecule has 0 bridgehead atoms. The molecule has 13 heavy (non-hydrogen) atoms. The van der Waals surface area contributed by atoms with Crippen LogP contribution >= 0.6 is 0 Å². The average Bonchev–Trinajstić information content (AvgIpc) is 2.60. The van der Waals surface area contributed by atoms with Gasteiger partial charge in [-0.3, -0.25) is 4.79 Å². The molecule has 3 unspecified atom stereocenters. The number of hydrogen-bond acceptors (Lipinski definition) is 3. The number of hydroxylamine groups is 1. The van der Waals surface area contributed by atoms with E-state index in [9.17, 15) is 9.18 Å². The third kappa shape index (κ3) is 2.18. The first-order valence-corrected chi connectivity index (χ1v) is 4.68. The Balaban J connectivity index is 2.28. The fraction of sp³-hybridized carbons (Fsp3) is 0.889. The Morgan fingerprint density at radius 1 is 1.69 bits per heavy atom. The van der Waals surface area contributed by atoms with E-state index in [1.165, 1.54) is 0 Å². The highest BCUT2D eigenvalue weighted by Crippen LogP contribution is 2.49. The van der Waals surface area contributed by atoms with Gasteiger partial charge in [-0.05, 0) is 13.3 Å². The van der Waals surface area contributed by atoms with E-state index in [-0.39, 0.29) is 18.4 Å². The molecule has 1 aliphatic carbocycles. The number of halogens is 1. The molecule has 0 spiro atoms. The first kappa shape index (κ1) is 10.4. The van der Waals surface area contributed by atoms with Gasteiger partial charge in [-0.15, -0.1) is 5.48 Å². The minimum atomic E-state index is -1.21. The highest BCUT2D eigenvalue weighted by Gasteiger charge is 2.62.